The maximum absolute atomic E-state index is 12.0. The molecule has 1 aromatic carbocycles. The Kier molecular flexibility index (Phi) is 3.92. The highest BCUT2D eigenvalue weighted by Gasteiger charge is 2.26. The smallest absolute Gasteiger partial charge is 0.372 e. The molecule has 0 aromatic heterocycles. The summed E-state index contributed by atoms with van der Waals surface area (Å²) in [4.78, 5) is 0. The molecule has 100 valence electrons. The molecule has 0 bridgehead atoms. The molecule has 0 amide bonds. The van der Waals surface area contributed by atoms with Gasteiger partial charge in [-0.25, -0.2) is 0 Å². The molecule has 2 nitrogen and oxygen atoms in total. The van der Waals surface area contributed by atoms with E-state index in [-0.39, 0.29) is 12.5 Å². The number of halogens is 3. The summed E-state index contributed by atoms with van der Waals surface area (Å²) in [5, 5.41) is 0. The monoisotopic (exact) mass is 259 g/mol. The minimum absolute atomic E-state index is 0.0677. The Morgan fingerprint density at radius 3 is 2.67 bits per heavy atom. The van der Waals surface area contributed by atoms with Crippen LogP contribution in [0.15, 0.2) is 18.2 Å². The molecule has 1 aliphatic heterocycles. The molecule has 0 aliphatic carbocycles. The van der Waals surface area contributed by atoms with Gasteiger partial charge in [-0.3, -0.25) is 0 Å². The number of alkyl halides is 3. The summed E-state index contributed by atoms with van der Waals surface area (Å²) in [5.41, 5.74) is 9.04. The first-order chi connectivity index (χ1) is 8.46. The van der Waals surface area contributed by atoms with Gasteiger partial charge in [-0.05, 0) is 29.5 Å². The summed E-state index contributed by atoms with van der Waals surface area (Å²) in [6.45, 7) is 1.18. The molecular formula is C13H16F3NO. The second-order valence-electron chi connectivity index (χ2n) is 4.63. The third-order valence-corrected chi connectivity index (χ3v) is 3.15. The van der Waals surface area contributed by atoms with E-state index in [4.69, 9.17) is 10.5 Å². The molecule has 2 rings (SSSR count). The van der Waals surface area contributed by atoms with Gasteiger partial charge in [0.15, 0.2) is 0 Å². The molecule has 1 aromatic rings. The summed E-state index contributed by atoms with van der Waals surface area (Å²) in [6, 6.07) is 5.44. The van der Waals surface area contributed by atoms with Gasteiger partial charge in [0.05, 0.1) is 13.2 Å². The molecule has 2 N–H and O–H groups in total. The first-order valence-electron chi connectivity index (χ1n) is 5.97. The van der Waals surface area contributed by atoms with Gasteiger partial charge in [0.2, 0.25) is 0 Å². The number of fused-ring (bicyclic) bond motifs is 1. The van der Waals surface area contributed by atoms with Gasteiger partial charge in [0.25, 0.3) is 0 Å². The van der Waals surface area contributed by atoms with Crippen LogP contribution in [-0.4, -0.2) is 6.18 Å². The number of hydrogen-bond acceptors (Lipinski definition) is 2. The summed E-state index contributed by atoms with van der Waals surface area (Å²) >= 11 is 0. The van der Waals surface area contributed by atoms with Gasteiger partial charge < -0.3 is 10.5 Å². The highest BCUT2D eigenvalue weighted by atomic mass is 19.4. The summed E-state index contributed by atoms with van der Waals surface area (Å²) in [7, 11) is 0. The fraction of sp³-hybridized carbons (Fsp3) is 0.538. The Morgan fingerprint density at radius 1 is 1.22 bits per heavy atom. The van der Waals surface area contributed by atoms with E-state index in [1.54, 1.807) is 0 Å². The van der Waals surface area contributed by atoms with Crippen molar-refractivity contribution < 1.29 is 17.9 Å². The van der Waals surface area contributed by atoms with Crippen LogP contribution in [0.1, 0.15) is 42.0 Å². The molecule has 1 atom stereocenters. The molecule has 18 heavy (non-hydrogen) atoms. The second-order valence-corrected chi connectivity index (χ2v) is 4.63. The van der Waals surface area contributed by atoms with Crippen molar-refractivity contribution in [2.24, 2.45) is 5.73 Å². The van der Waals surface area contributed by atoms with Crippen molar-refractivity contribution in [3.63, 3.8) is 0 Å². The molecule has 0 fully saturated rings. The Hall–Kier alpha value is -1.07. The fourth-order valence-electron chi connectivity index (χ4n) is 2.11. The minimum atomic E-state index is -4.09. The van der Waals surface area contributed by atoms with E-state index in [0.717, 1.165) is 16.7 Å². The molecule has 0 spiro atoms. The fourth-order valence-corrected chi connectivity index (χ4v) is 2.11. The SMILES string of the molecule is NC(CCCC(F)(F)F)c1ccc2c(c1)COC2. The van der Waals surface area contributed by atoms with Crippen LogP contribution >= 0.6 is 0 Å². The first kappa shape index (κ1) is 13.4. The lowest BCUT2D eigenvalue weighted by atomic mass is 9.98. The Labute approximate surface area is 104 Å². The predicted octanol–water partition coefficient (Wildman–Crippen LogP) is 3.45. The number of nitrogens with two attached hydrogens (primary N) is 1. The van der Waals surface area contributed by atoms with Crippen molar-refractivity contribution in [1.82, 2.24) is 0 Å². The first-order valence-corrected chi connectivity index (χ1v) is 5.97. The van der Waals surface area contributed by atoms with Crippen molar-refractivity contribution in [1.29, 1.82) is 0 Å². The topological polar surface area (TPSA) is 35.2 Å². The van der Waals surface area contributed by atoms with Gasteiger partial charge in [0, 0.05) is 12.5 Å². The van der Waals surface area contributed by atoms with Crippen molar-refractivity contribution >= 4 is 0 Å². The summed E-state index contributed by atoms with van der Waals surface area (Å²) in [5.74, 6) is 0. The maximum Gasteiger partial charge on any atom is 0.389 e. The average Bonchev–Trinajstić information content (AvgIpc) is 2.73. The highest BCUT2D eigenvalue weighted by molar-refractivity contribution is 5.34. The van der Waals surface area contributed by atoms with Gasteiger partial charge in [-0.15, -0.1) is 0 Å². The van der Waals surface area contributed by atoms with Crippen molar-refractivity contribution in [2.45, 2.75) is 44.7 Å². The summed E-state index contributed by atoms with van der Waals surface area (Å²) in [6.07, 6.45) is -4.45. The van der Waals surface area contributed by atoms with Crippen LogP contribution in [0.4, 0.5) is 13.2 Å². The van der Waals surface area contributed by atoms with E-state index in [0.29, 0.717) is 19.6 Å². The number of ether oxygens (including phenoxy) is 1. The van der Waals surface area contributed by atoms with Crippen LogP contribution in [-0.2, 0) is 18.0 Å². The van der Waals surface area contributed by atoms with Crippen molar-refractivity contribution in [2.75, 3.05) is 0 Å². The molecule has 0 saturated carbocycles. The van der Waals surface area contributed by atoms with E-state index in [9.17, 15) is 13.2 Å². The standard InChI is InChI=1S/C13H16F3NO/c14-13(15,16)5-1-2-12(17)9-3-4-10-7-18-8-11(10)6-9/h3-4,6,12H,1-2,5,7-8,17H2. The predicted molar refractivity (Wildman–Crippen MR) is 61.8 cm³/mol. The molecule has 1 unspecified atom stereocenters. The number of hydrogen-bond donors (Lipinski definition) is 1. The normalized spacial score (nSPS) is 16.7. The van der Waals surface area contributed by atoms with Gasteiger partial charge in [0.1, 0.15) is 0 Å². The second kappa shape index (κ2) is 5.28. The summed E-state index contributed by atoms with van der Waals surface area (Å²) < 4.78 is 41.4. The third-order valence-electron chi connectivity index (χ3n) is 3.15. The van der Waals surface area contributed by atoms with Gasteiger partial charge in [-0.1, -0.05) is 18.2 Å². The van der Waals surface area contributed by atoms with Crippen molar-refractivity contribution in [3.05, 3.63) is 34.9 Å². The molecule has 0 radical (unpaired) electrons. The van der Waals surface area contributed by atoms with Crippen LogP contribution < -0.4 is 5.73 Å². The Balaban J connectivity index is 1.91. The zero-order chi connectivity index (χ0) is 13.2. The average molecular weight is 259 g/mol. The minimum Gasteiger partial charge on any atom is -0.372 e. The number of benzene rings is 1. The number of rotatable bonds is 4. The Morgan fingerprint density at radius 2 is 1.94 bits per heavy atom. The van der Waals surface area contributed by atoms with Crippen LogP contribution in [0.2, 0.25) is 0 Å². The van der Waals surface area contributed by atoms with Crippen LogP contribution in [0.5, 0.6) is 0 Å². The van der Waals surface area contributed by atoms with Gasteiger partial charge in [-0.2, -0.15) is 13.2 Å². The largest absolute Gasteiger partial charge is 0.389 e. The highest BCUT2D eigenvalue weighted by Crippen LogP contribution is 2.27. The van der Waals surface area contributed by atoms with E-state index < -0.39 is 12.6 Å². The lowest BCUT2D eigenvalue weighted by Gasteiger charge is -2.14. The molecule has 1 heterocycles. The lowest BCUT2D eigenvalue weighted by molar-refractivity contribution is -0.135. The van der Waals surface area contributed by atoms with Crippen LogP contribution in [0, 0.1) is 0 Å². The van der Waals surface area contributed by atoms with E-state index in [1.807, 2.05) is 18.2 Å². The van der Waals surface area contributed by atoms with E-state index in [2.05, 4.69) is 0 Å². The molecule has 0 saturated heterocycles. The van der Waals surface area contributed by atoms with E-state index in [1.165, 1.54) is 0 Å². The molecular weight excluding hydrogens is 243 g/mol. The van der Waals surface area contributed by atoms with Gasteiger partial charge >= 0.3 is 6.18 Å². The zero-order valence-corrected chi connectivity index (χ0v) is 9.96. The zero-order valence-electron chi connectivity index (χ0n) is 9.96. The maximum atomic E-state index is 12.0. The quantitative estimate of drug-likeness (QED) is 0.898. The Bertz CT molecular complexity index is 417. The van der Waals surface area contributed by atoms with Crippen LogP contribution in [0.3, 0.4) is 0 Å². The van der Waals surface area contributed by atoms with Crippen LogP contribution in [0.25, 0.3) is 0 Å². The molecule has 1 aliphatic rings. The molecule has 5 heteroatoms. The van der Waals surface area contributed by atoms with E-state index >= 15 is 0 Å². The lowest BCUT2D eigenvalue weighted by Crippen LogP contribution is -2.13. The van der Waals surface area contributed by atoms with Crippen molar-refractivity contribution in [3.8, 4) is 0 Å². The third kappa shape index (κ3) is 3.46.